The molecule has 1 aromatic carbocycles. The van der Waals surface area contributed by atoms with E-state index in [0.29, 0.717) is 0 Å². The molecule has 1 aliphatic heterocycles. The molecule has 1 heterocycles. The molecule has 1 aromatic rings. The zero-order chi connectivity index (χ0) is 13.9. The van der Waals surface area contributed by atoms with Crippen LogP contribution in [0.4, 0.5) is 5.69 Å². The van der Waals surface area contributed by atoms with Crippen LogP contribution < -0.4 is 10.2 Å². The molecule has 1 unspecified atom stereocenters. The van der Waals surface area contributed by atoms with E-state index in [1.54, 1.807) is 0 Å². The van der Waals surface area contributed by atoms with Crippen molar-refractivity contribution in [3.8, 4) is 0 Å². The lowest BCUT2D eigenvalue weighted by Gasteiger charge is -2.36. The van der Waals surface area contributed by atoms with Gasteiger partial charge in [-0.2, -0.15) is 0 Å². The van der Waals surface area contributed by atoms with Crippen LogP contribution in [0.2, 0.25) is 0 Å². The Hall–Kier alpha value is -0.580. The molecule has 0 spiro atoms. The van der Waals surface area contributed by atoms with E-state index in [4.69, 9.17) is 0 Å². The molecule has 1 atom stereocenters. The fourth-order valence-corrected chi connectivity index (χ4v) is 3.44. The van der Waals surface area contributed by atoms with Gasteiger partial charge in [-0.3, -0.25) is 0 Å². The molecule has 2 aliphatic rings. The number of benzene rings is 1. The number of hydrogen-bond donors (Lipinski definition) is 2. The van der Waals surface area contributed by atoms with E-state index in [0.717, 1.165) is 25.6 Å². The highest BCUT2D eigenvalue weighted by molar-refractivity contribution is 9.10. The van der Waals surface area contributed by atoms with E-state index in [1.807, 2.05) is 0 Å². The first-order valence-electron chi connectivity index (χ1n) is 7.67. The molecule has 0 amide bonds. The van der Waals surface area contributed by atoms with Gasteiger partial charge in [-0.05, 0) is 49.8 Å². The quantitative estimate of drug-likeness (QED) is 0.866. The van der Waals surface area contributed by atoms with Crippen LogP contribution in [0.1, 0.15) is 37.7 Å². The van der Waals surface area contributed by atoms with Gasteiger partial charge in [-0.1, -0.05) is 22.0 Å². The van der Waals surface area contributed by atoms with Gasteiger partial charge < -0.3 is 15.3 Å². The molecule has 1 aliphatic carbocycles. The van der Waals surface area contributed by atoms with Crippen LogP contribution in [0, 0.1) is 0 Å². The average Bonchev–Trinajstić information content (AvgIpc) is 3.30. The van der Waals surface area contributed by atoms with Crippen LogP contribution in [0.3, 0.4) is 0 Å². The van der Waals surface area contributed by atoms with E-state index in [1.165, 1.54) is 41.4 Å². The van der Waals surface area contributed by atoms with Crippen LogP contribution >= 0.6 is 15.9 Å². The molecule has 1 saturated carbocycles. The third-order valence-electron chi connectivity index (χ3n) is 4.36. The Bertz CT molecular complexity index is 462. The Morgan fingerprint density at radius 3 is 2.80 bits per heavy atom. The average molecular weight is 339 g/mol. The lowest BCUT2D eigenvalue weighted by Crippen LogP contribution is -2.41. The Morgan fingerprint density at radius 1 is 1.25 bits per heavy atom. The van der Waals surface area contributed by atoms with E-state index in [9.17, 15) is 5.11 Å². The summed E-state index contributed by atoms with van der Waals surface area (Å²) >= 11 is 3.70. The maximum absolute atomic E-state index is 9.54. The Kier molecular flexibility index (Phi) is 4.64. The van der Waals surface area contributed by atoms with Gasteiger partial charge in [0.2, 0.25) is 0 Å². The highest BCUT2D eigenvalue weighted by Gasteiger charge is 2.23. The van der Waals surface area contributed by atoms with Crippen LogP contribution in [-0.4, -0.2) is 30.3 Å². The Morgan fingerprint density at radius 2 is 2.10 bits per heavy atom. The molecule has 3 rings (SSSR count). The predicted octanol–water partition coefficient (Wildman–Crippen LogP) is 3.05. The highest BCUT2D eigenvalue weighted by atomic mass is 79.9. The number of rotatable bonds is 5. The van der Waals surface area contributed by atoms with Crippen molar-refractivity contribution < 1.29 is 5.11 Å². The molecule has 0 radical (unpaired) electrons. The zero-order valence-electron chi connectivity index (χ0n) is 11.8. The third kappa shape index (κ3) is 3.35. The number of nitrogens with one attached hydrogen (secondary N) is 1. The minimum Gasteiger partial charge on any atom is -0.394 e. The van der Waals surface area contributed by atoms with E-state index >= 15 is 0 Å². The van der Waals surface area contributed by atoms with Crippen LogP contribution in [-0.2, 0) is 6.54 Å². The number of anilines is 1. The Balaban J connectivity index is 1.70. The number of nitrogens with zero attached hydrogens (tertiary/aromatic N) is 1. The summed E-state index contributed by atoms with van der Waals surface area (Å²) < 4.78 is 1.17. The molecule has 0 aromatic heterocycles. The third-order valence-corrected chi connectivity index (χ3v) is 5.10. The smallest absolute Gasteiger partial charge is 0.0635 e. The van der Waals surface area contributed by atoms with Crippen molar-refractivity contribution >= 4 is 21.6 Å². The zero-order valence-corrected chi connectivity index (χ0v) is 13.4. The largest absolute Gasteiger partial charge is 0.394 e. The summed E-state index contributed by atoms with van der Waals surface area (Å²) in [5.74, 6) is 0. The van der Waals surface area contributed by atoms with Crippen molar-refractivity contribution in [3.05, 3.63) is 28.2 Å². The standard InChI is InChI=1S/C16H23BrN2O/c17-16-9-14(19-8-2-1-3-15(19)11-20)7-4-12(16)10-18-13-5-6-13/h4,7,9,13,15,18,20H,1-3,5-6,8,10-11H2. The summed E-state index contributed by atoms with van der Waals surface area (Å²) in [6, 6.07) is 7.63. The van der Waals surface area contributed by atoms with Crippen molar-refractivity contribution in [1.29, 1.82) is 0 Å². The molecule has 2 N–H and O–H groups in total. The number of hydrogen-bond acceptors (Lipinski definition) is 3. The van der Waals surface area contributed by atoms with Crippen LogP contribution in [0.5, 0.6) is 0 Å². The van der Waals surface area contributed by atoms with Gasteiger partial charge in [-0.15, -0.1) is 0 Å². The lowest BCUT2D eigenvalue weighted by atomic mass is 10.0. The maximum Gasteiger partial charge on any atom is 0.0635 e. The van der Waals surface area contributed by atoms with Gasteiger partial charge in [-0.25, -0.2) is 0 Å². The minimum absolute atomic E-state index is 0.253. The minimum atomic E-state index is 0.253. The number of aliphatic hydroxyl groups is 1. The number of piperidine rings is 1. The predicted molar refractivity (Wildman–Crippen MR) is 86.1 cm³/mol. The molecule has 0 bridgehead atoms. The molecule has 20 heavy (non-hydrogen) atoms. The number of halogens is 1. The first-order valence-corrected chi connectivity index (χ1v) is 8.46. The van der Waals surface area contributed by atoms with E-state index < -0.39 is 0 Å². The molecule has 1 saturated heterocycles. The van der Waals surface area contributed by atoms with Gasteiger partial charge in [0.1, 0.15) is 0 Å². The van der Waals surface area contributed by atoms with E-state index in [2.05, 4.69) is 44.3 Å². The monoisotopic (exact) mass is 338 g/mol. The SMILES string of the molecule is OCC1CCCCN1c1ccc(CNC2CC2)c(Br)c1. The van der Waals surface area contributed by atoms with Crippen LogP contribution in [0.15, 0.2) is 22.7 Å². The van der Waals surface area contributed by atoms with Crippen molar-refractivity contribution in [2.24, 2.45) is 0 Å². The van der Waals surface area contributed by atoms with Crippen LogP contribution in [0.25, 0.3) is 0 Å². The van der Waals surface area contributed by atoms with Gasteiger partial charge in [0.15, 0.2) is 0 Å². The maximum atomic E-state index is 9.54. The summed E-state index contributed by atoms with van der Waals surface area (Å²) in [6.45, 7) is 2.24. The fraction of sp³-hybridized carbons (Fsp3) is 0.625. The van der Waals surface area contributed by atoms with Crippen molar-refractivity contribution in [3.63, 3.8) is 0 Å². The second-order valence-electron chi connectivity index (χ2n) is 5.96. The summed E-state index contributed by atoms with van der Waals surface area (Å²) in [5.41, 5.74) is 2.55. The molecule has 3 nitrogen and oxygen atoms in total. The molecule has 4 heteroatoms. The second-order valence-corrected chi connectivity index (χ2v) is 6.81. The first-order chi connectivity index (χ1) is 9.78. The van der Waals surface area contributed by atoms with Gasteiger partial charge in [0.05, 0.1) is 12.6 Å². The topological polar surface area (TPSA) is 35.5 Å². The van der Waals surface area contributed by atoms with Crippen molar-refractivity contribution in [2.75, 3.05) is 18.1 Å². The molecule has 110 valence electrons. The van der Waals surface area contributed by atoms with Gasteiger partial charge in [0, 0.05) is 29.3 Å². The lowest BCUT2D eigenvalue weighted by molar-refractivity contribution is 0.240. The highest BCUT2D eigenvalue weighted by Crippen LogP contribution is 2.29. The summed E-state index contributed by atoms with van der Waals surface area (Å²) in [5, 5.41) is 13.1. The van der Waals surface area contributed by atoms with Gasteiger partial charge >= 0.3 is 0 Å². The van der Waals surface area contributed by atoms with Crippen molar-refractivity contribution in [1.82, 2.24) is 5.32 Å². The fourth-order valence-electron chi connectivity index (χ4n) is 2.93. The summed E-state index contributed by atoms with van der Waals surface area (Å²) in [4.78, 5) is 2.35. The number of aliphatic hydroxyl groups excluding tert-OH is 1. The van der Waals surface area contributed by atoms with Crippen molar-refractivity contribution in [2.45, 2.75) is 50.7 Å². The molecular weight excluding hydrogens is 316 g/mol. The normalized spacial score (nSPS) is 23.1. The molecule has 2 fully saturated rings. The first kappa shape index (κ1) is 14.4. The Labute approximate surface area is 129 Å². The second kappa shape index (κ2) is 6.46. The summed E-state index contributed by atoms with van der Waals surface area (Å²) in [7, 11) is 0. The van der Waals surface area contributed by atoms with E-state index in [-0.39, 0.29) is 12.6 Å². The molecular formula is C16H23BrN2O. The van der Waals surface area contributed by atoms with Gasteiger partial charge in [0.25, 0.3) is 0 Å². The summed E-state index contributed by atoms with van der Waals surface area (Å²) in [6.07, 6.45) is 6.19.